The molecular formula is C15H23N5O. The Morgan fingerprint density at radius 3 is 3.05 bits per heavy atom. The summed E-state index contributed by atoms with van der Waals surface area (Å²) in [7, 11) is 0. The molecular weight excluding hydrogens is 266 g/mol. The fourth-order valence-electron chi connectivity index (χ4n) is 3.41. The zero-order valence-electron chi connectivity index (χ0n) is 12.5. The van der Waals surface area contributed by atoms with Crippen LogP contribution in [0.15, 0.2) is 18.3 Å². The highest BCUT2D eigenvalue weighted by atomic mass is 16.2. The van der Waals surface area contributed by atoms with Crippen molar-refractivity contribution in [2.24, 2.45) is 5.84 Å². The lowest BCUT2D eigenvalue weighted by molar-refractivity contribution is 0.0532. The molecule has 2 unspecified atom stereocenters. The first-order chi connectivity index (χ1) is 10.2. The number of carbonyl (C=O) groups is 1. The van der Waals surface area contributed by atoms with Crippen molar-refractivity contribution in [2.45, 2.75) is 38.4 Å². The molecule has 1 amide bonds. The highest BCUT2D eigenvalue weighted by Gasteiger charge is 2.34. The SMILES string of the molecule is CC1CN2CCCC2CN1Cc1ccc(C(=O)NN)cn1. The van der Waals surface area contributed by atoms with Crippen LogP contribution in [-0.4, -0.2) is 52.4 Å². The Morgan fingerprint density at radius 2 is 2.33 bits per heavy atom. The molecule has 0 aromatic carbocycles. The van der Waals surface area contributed by atoms with Gasteiger partial charge in [0.05, 0.1) is 11.3 Å². The fraction of sp³-hybridized carbons (Fsp3) is 0.600. The van der Waals surface area contributed by atoms with Crippen LogP contribution in [0.1, 0.15) is 35.8 Å². The highest BCUT2D eigenvalue weighted by Crippen LogP contribution is 2.25. The van der Waals surface area contributed by atoms with Crippen LogP contribution in [0.3, 0.4) is 0 Å². The van der Waals surface area contributed by atoms with Gasteiger partial charge in [-0.3, -0.25) is 25.0 Å². The van der Waals surface area contributed by atoms with Crippen LogP contribution in [0.2, 0.25) is 0 Å². The smallest absolute Gasteiger partial charge is 0.266 e. The van der Waals surface area contributed by atoms with Crippen LogP contribution >= 0.6 is 0 Å². The Bertz CT molecular complexity index is 503. The monoisotopic (exact) mass is 289 g/mol. The topological polar surface area (TPSA) is 74.5 Å². The van der Waals surface area contributed by atoms with E-state index in [1.807, 2.05) is 6.07 Å². The van der Waals surface area contributed by atoms with Gasteiger partial charge in [-0.25, -0.2) is 5.84 Å². The van der Waals surface area contributed by atoms with Crippen molar-refractivity contribution in [1.29, 1.82) is 0 Å². The minimum Gasteiger partial charge on any atom is -0.298 e. The van der Waals surface area contributed by atoms with Crippen molar-refractivity contribution in [3.63, 3.8) is 0 Å². The number of rotatable bonds is 3. The lowest BCUT2D eigenvalue weighted by Crippen LogP contribution is -2.54. The summed E-state index contributed by atoms with van der Waals surface area (Å²) in [5.41, 5.74) is 3.62. The molecule has 0 saturated carbocycles. The second-order valence-electron chi connectivity index (χ2n) is 6.08. The number of aromatic nitrogens is 1. The van der Waals surface area contributed by atoms with Gasteiger partial charge in [-0.1, -0.05) is 0 Å². The highest BCUT2D eigenvalue weighted by molar-refractivity contribution is 5.93. The molecule has 0 bridgehead atoms. The molecule has 3 rings (SSSR count). The summed E-state index contributed by atoms with van der Waals surface area (Å²) >= 11 is 0. The third kappa shape index (κ3) is 3.07. The van der Waals surface area contributed by atoms with Crippen LogP contribution < -0.4 is 11.3 Å². The maximum absolute atomic E-state index is 11.4. The van der Waals surface area contributed by atoms with E-state index in [4.69, 9.17) is 5.84 Å². The number of nitrogens with zero attached hydrogens (tertiary/aromatic N) is 3. The van der Waals surface area contributed by atoms with Gasteiger partial charge in [0.2, 0.25) is 0 Å². The summed E-state index contributed by atoms with van der Waals surface area (Å²) in [4.78, 5) is 20.9. The molecule has 2 saturated heterocycles. The minimum atomic E-state index is -0.304. The zero-order valence-corrected chi connectivity index (χ0v) is 12.5. The van der Waals surface area contributed by atoms with E-state index in [-0.39, 0.29) is 5.91 Å². The molecule has 6 heteroatoms. The predicted octanol–water partition coefficient (Wildman–Crippen LogP) is 0.354. The van der Waals surface area contributed by atoms with E-state index >= 15 is 0 Å². The molecule has 2 aliphatic heterocycles. The fourth-order valence-corrected chi connectivity index (χ4v) is 3.41. The van der Waals surface area contributed by atoms with Gasteiger partial charge in [0.1, 0.15) is 0 Å². The Labute approximate surface area is 125 Å². The minimum absolute atomic E-state index is 0.304. The van der Waals surface area contributed by atoms with Crippen LogP contribution in [-0.2, 0) is 6.54 Å². The van der Waals surface area contributed by atoms with Crippen LogP contribution in [0.4, 0.5) is 0 Å². The molecule has 6 nitrogen and oxygen atoms in total. The molecule has 0 aliphatic carbocycles. The summed E-state index contributed by atoms with van der Waals surface area (Å²) in [5, 5.41) is 0. The van der Waals surface area contributed by atoms with Crippen molar-refractivity contribution >= 4 is 5.91 Å². The first-order valence-electron chi connectivity index (χ1n) is 7.61. The maximum Gasteiger partial charge on any atom is 0.266 e. The van der Waals surface area contributed by atoms with E-state index in [0.29, 0.717) is 17.6 Å². The molecule has 1 aromatic rings. The molecule has 21 heavy (non-hydrogen) atoms. The number of hydrogen-bond acceptors (Lipinski definition) is 5. The maximum atomic E-state index is 11.4. The average Bonchev–Trinajstić information content (AvgIpc) is 2.94. The van der Waals surface area contributed by atoms with Crippen molar-refractivity contribution < 1.29 is 4.79 Å². The number of nitrogens with two attached hydrogens (primary N) is 1. The summed E-state index contributed by atoms with van der Waals surface area (Å²) in [6.07, 6.45) is 4.23. The van der Waals surface area contributed by atoms with E-state index in [1.54, 1.807) is 12.3 Å². The van der Waals surface area contributed by atoms with Crippen molar-refractivity contribution in [1.82, 2.24) is 20.2 Å². The van der Waals surface area contributed by atoms with Gasteiger partial charge in [0, 0.05) is 37.9 Å². The number of nitrogens with one attached hydrogen (secondary N) is 1. The van der Waals surface area contributed by atoms with Crippen LogP contribution in [0.5, 0.6) is 0 Å². The largest absolute Gasteiger partial charge is 0.298 e. The van der Waals surface area contributed by atoms with Crippen molar-refractivity contribution in [2.75, 3.05) is 19.6 Å². The number of amides is 1. The standard InChI is InChI=1S/C15H23N5O/c1-11-8-19-6-2-3-14(19)10-20(11)9-13-5-4-12(7-17-13)15(21)18-16/h4-5,7,11,14H,2-3,6,8-10,16H2,1H3,(H,18,21). The van der Waals surface area contributed by atoms with E-state index < -0.39 is 0 Å². The summed E-state index contributed by atoms with van der Waals surface area (Å²) in [5.74, 6) is 4.82. The van der Waals surface area contributed by atoms with Crippen molar-refractivity contribution in [3.8, 4) is 0 Å². The number of carbonyl (C=O) groups excluding carboxylic acids is 1. The zero-order chi connectivity index (χ0) is 14.8. The number of hydrogen-bond donors (Lipinski definition) is 2. The Kier molecular flexibility index (Phi) is 4.19. The number of hydrazine groups is 1. The van der Waals surface area contributed by atoms with Gasteiger partial charge in [0.15, 0.2) is 0 Å². The average molecular weight is 289 g/mol. The van der Waals surface area contributed by atoms with Gasteiger partial charge >= 0.3 is 0 Å². The first-order valence-corrected chi connectivity index (χ1v) is 7.61. The summed E-state index contributed by atoms with van der Waals surface area (Å²) < 4.78 is 0. The molecule has 0 radical (unpaired) electrons. The number of pyridine rings is 1. The van der Waals surface area contributed by atoms with Gasteiger partial charge in [-0.2, -0.15) is 0 Å². The number of fused-ring (bicyclic) bond motifs is 1. The first kappa shape index (κ1) is 14.4. The third-order valence-corrected chi connectivity index (χ3v) is 4.65. The second kappa shape index (κ2) is 6.09. The second-order valence-corrected chi connectivity index (χ2v) is 6.08. The van der Waals surface area contributed by atoms with Gasteiger partial charge in [0.25, 0.3) is 5.91 Å². The molecule has 2 aliphatic rings. The lowest BCUT2D eigenvalue weighted by Gasteiger charge is -2.42. The number of piperazine rings is 1. The molecule has 3 N–H and O–H groups in total. The van der Waals surface area contributed by atoms with Gasteiger partial charge < -0.3 is 0 Å². The molecule has 2 fully saturated rings. The van der Waals surface area contributed by atoms with E-state index in [1.165, 1.54) is 19.4 Å². The van der Waals surface area contributed by atoms with E-state index in [2.05, 4.69) is 27.1 Å². The van der Waals surface area contributed by atoms with Gasteiger partial charge in [-0.05, 0) is 38.4 Å². The van der Waals surface area contributed by atoms with Crippen LogP contribution in [0.25, 0.3) is 0 Å². The van der Waals surface area contributed by atoms with Gasteiger partial charge in [-0.15, -0.1) is 0 Å². The Balaban J connectivity index is 1.64. The summed E-state index contributed by atoms with van der Waals surface area (Å²) in [6.45, 7) is 6.65. The molecule has 3 heterocycles. The quantitative estimate of drug-likeness (QED) is 0.477. The number of nitrogen functional groups attached to an aromatic ring is 1. The Morgan fingerprint density at radius 1 is 1.48 bits per heavy atom. The molecule has 114 valence electrons. The molecule has 2 atom stereocenters. The third-order valence-electron chi connectivity index (χ3n) is 4.65. The molecule has 0 spiro atoms. The molecule has 1 aromatic heterocycles. The lowest BCUT2D eigenvalue weighted by atomic mass is 10.1. The van der Waals surface area contributed by atoms with E-state index in [0.717, 1.165) is 25.3 Å². The summed E-state index contributed by atoms with van der Waals surface area (Å²) in [6, 6.07) is 4.95. The normalized spacial score (nSPS) is 26.6. The van der Waals surface area contributed by atoms with E-state index in [9.17, 15) is 4.79 Å². The predicted molar refractivity (Wildman–Crippen MR) is 80.4 cm³/mol. The van der Waals surface area contributed by atoms with Crippen molar-refractivity contribution in [3.05, 3.63) is 29.6 Å². The van der Waals surface area contributed by atoms with Crippen LogP contribution in [0, 0.1) is 0 Å². The Hall–Kier alpha value is -1.50.